The molecule has 1 heterocycles. The SMILES string of the molecule is c1ccc(-c2ccc(-c3ccc(N(c4ccc5c(c4)sc4ccccc45)c4cc5ccccc5c5ccccc45)cc3-c3ccccc3)cc2)cc1. The molecule has 0 aliphatic heterocycles. The summed E-state index contributed by atoms with van der Waals surface area (Å²) in [5.74, 6) is 0. The summed E-state index contributed by atoms with van der Waals surface area (Å²) in [6.07, 6.45) is 0. The Kier molecular flexibility index (Phi) is 7.41. The van der Waals surface area contributed by atoms with Gasteiger partial charge in [0.05, 0.1) is 5.69 Å². The number of rotatable bonds is 6. The Morgan fingerprint density at radius 2 is 0.846 bits per heavy atom. The Bertz CT molecular complexity index is 2890. The van der Waals surface area contributed by atoms with Crippen molar-refractivity contribution in [2.45, 2.75) is 0 Å². The second-order valence-corrected chi connectivity index (χ2v) is 14.4. The zero-order chi connectivity index (χ0) is 34.4. The third-order valence-electron chi connectivity index (χ3n) is 10.3. The Balaban J connectivity index is 1.21. The minimum Gasteiger partial charge on any atom is -0.310 e. The molecule has 10 rings (SSSR count). The second kappa shape index (κ2) is 12.7. The van der Waals surface area contributed by atoms with Gasteiger partial charge in [-0.05, 0) is 85.9 Å². The van der Waals surface area contributed by atoms with Crippen LogP contribution in [0.2, 0.25) is 0 Å². The zero-order valence-electron chi connectivity index (χ0n) is 28.4. The van der Waals surface area contributed by atoms with Gasteiger partial charge in [0.1, 0.15) is 0 Å². The van der Waals surface area contributed by atoms with Gasteiger partial charge in [0.2, 0.25) is 0 Å². The van der Waals surface area contributed by atoms with E-state index in [4.69, 9.17) is 0 Å². The topological polar surface area (TPSA) is 3.24 Å². The molecule has 10 aromatic rings. The van der Waals surface area contributed by atoms with Gasteiger partial charge in [0.25, 0.3) is 0 Å². The van der Waals surface area contributed by atoms with Gasteiger partial charge in [-0.1, -0.05) is 164 Å². The van der Waals surface area contributed by atoms with Gasteiger partial charge in [0.15, 0.2) is 0 Å². The van der Waals surface area contributed by atoms with Crippen LogP contribution in [0, 0.1) is 0 Å². The van der Waals surface area contributed by atoms with E-state index in [-0.39, 0.29) is 0 Å². The molecule has 0 saturated carbocycles. The van der Waals surface area contributed by atoms with Gasteiger partial charge >= 0.3 is 0 Å². The first-order chi connectivity index (χ1) is 25.8. The molecule has 0 aliphatic rings. The maximum atomic E-state index is 2.47. The van der Waals surface area contributed by atoms with Crippen molar-refractivity contribution in [1.29, 1.82) is 0 Å². The number of fused-ring (bicyclic) bond motifs is 6. The van der Waals surface area contributed by atoms with Crippen molar-refractivity contribution in [2.24, 2.45) is 0 Å². The molecular weight excluding hydrogens is 647 g/mol. The first-order valence-electron chi connectivity index (χ1n) is 17.8. The van der Waals surface area contributed by atoms with Gasteiger partial charge < -0.3 is 4.90 Å². The third-order valence-corrected chi connectivity index (χ3v) is 11.4. The summed E-state index contributed by atoms with van der Waals surface area (Å²) in [6.45, 7) is 0. The number of thiophene rings is 1. The van der Waals surface area contributed by atoms with Crippen LogP contribution in [0.15, 0.2) is 200 Å². The lowest BCUT2D eigenvalue weighted by molar-refractivity contribution is 1.31. The quantitative estimate of drug-likeness (QED) is 0.158. The number of hydrogen-bond acceptors (Lipinski definition) is 2. The highest BCUT2D eigenvalue weighted by atomic mass is 32.1. The highest BCUT2D eigenvalue weighted by molar-refractivity contribution is 7.25. The molecule has 0 spiro atoms. The van der Waals surface area contributed by atoms with Crippen LogP contribution in [-0.4, -0.2) is 0 Å². The van der Waals surface area contributed by atoms with Crippen LogP contribution in [-0.2, 0) is 0 Å². The highest BCUT2D eigenvalue weighted by Crippen LogP contribution is 2.46. The van der Waals surface area contributed by atoms with E-state index < -0.39 is 0 Å². The molecule has 244 valence electrons. The molecule has 0 aliphatic carbocycles. The molecule has 1 nitrogen and oxygen atoms in total. The molecule has 0 saturated heterocycles. The molecule has 2 heteroatoms. The number of benzene rings is 9. The molecule has 9 aromatic carbocycles. The van der Waals surface area contributed by atoms with E-state index in [0.29, 0.717) is 0 Å². The Labute approximate surface area is 307 Å². The van der Waals surface area contributed by atoms with Crippen LogP contribution in [0.1, 0.15) is 0 Å². The largest absolute Gasteiger partial charge is 0.310 e. The average Bonchev–Trinajstić information content (AvgIpc) is 3.60. The van der Waals surface area contributed by atoms with Crippen molar-refractivity contribution < 1.29 is 0 Å². The second-order valence-electron chi connectivity index (χ2n) is 13.3. The van der Waals surface area contributed by atoms with Crippen molar-refractivity contribution >= 4 is 70.1 Å². The van der Waals surface area contributed by atoms with Crippen molar-refractivity contribution in [3.63, 3.8) is 0 Å². The molecule has 0 radical (unpaired) electrons. The average molecular weight is 680 g/mol. The standard InChI is InChI=1S/C50H33NS/c1-3-13-34(14-4-1)35-23-25-37(26-24-35)42-29-27-39(32-47(42)36-15-5-2-6-16-36)51(40-28-30-46-45-21-11-12-22-49(45)52-50(46)33-40)48-31-38-17-7-8-18-41(38)43-19-9-10-20-44(43)48/h1-33H. The fraction of sp³-hybridized carbons (Fsp3) is 0. The van der Waals surface area contributed by atoms with E-state index in [1.807, 2.05) is 11.3 Å². The van der Waals surface area contributed by atoms with Gasteiger partial charge in [-0.3, -0.25) is 0 Å². The summed E-state index contributed by atoms with van der Waals surface area (Å²) in [4.78, 5) is 2.47. The van der Waals surface area contributed by atoms with E-state index in [9.17, 15) is 0 Å². The van der Waals surface area contributed by atoms with Crippen molar-refractivity contribution in [1.82, 2.24) is 0 Å². The summed E-state index contributed by atoms with van der Waals surface area (Å²) >= 11 is 1.86. The normalized spacial score (nSPS) is 11.5. The first kappa shape index (κ1) is 30.4. The summed E-state index contributed by atoms with van der Waals surface area (Å²) in [5, 5.41) is 7.57. The molecule has 0 amide bonds. The predicted molar refractivity (Wildman–Crippen MR) is 225 cm³/mol. The lowest BCUT2D eigenvalue weighted by Crippen LogP contribution is -2.11. The highest BCUT2D eigenvalue weighted by Gasteiger charge is 2.20. The van der Waals surface area contributed by atoms with E-state index in [1.54, 1.807) is 0 Å². The fourth-order valence-electron chi connectivity index (χ4n) is 7.75. The Morgan fingerprint density at radius 3 is 1.63 bits per heavy atom. The zero-order valence-corrected chi connectivity index (χ0v) is 29.2. The molecular formula is C50H33NS. The smallest absolute Gasteiger partial charge is 0.0546 e. The van der Waals surface area contributed by atoms with E-state index in [0.717, 1.165) is 17.1 Å². The van der Waals surface area contributed by atoms with Crippen LogP contribution in [0.3, 0.4) is 0 Å². The summed E-state index contributed by atoms with van der Waals surface area (Å²) < 4.78 is 2.60. The van der Waals surface area contributed by atoms with Gasteiger partial charge in [-0.15, -0.1) is 11.3 Å². The van der Waals surface area contributed by atoms with Gasteiger partial charge in [-0.25, -0.2) is 0 Å². The lowest BCUT2D eigenvalue weighted by Gasteiger charge is -2.29. The monoisotopic (exact) mass is 679 g/mol. The molecule has 1 aromatic heterocycles. The Morgan fingerprint density at radius 1 is 0.308 bits per heavy atom. The van der Waals surface area contributed by atoms with Crippen LogP contribution in [0.25, 0.3) is 75.1 Å². The molecule has 0 bridgehead atoms. The van der Waals surface area contributed by atoms with Crippen molar-refractivity contribution in [3.05, 3.63) is 200 Å². The van der Waals surface area contributed by atoms with E-state index in [2.05, 4.69) is 205 Å². The van der Waals surface area contributed by atoms with Gasteiger partial charge in [0, 0.05) is 36.9 Å². The fourth-order valence-corrected chi connectivity index (χ4v) is 8.89. The van der Waals surface area contributed by atoms with Gasteiger partial charge in [-0.2, -0.15) is 0 Å². The van der Waals surface area contributed by atoms with Crippen LogP contribution < -0.4 is 4.90 Å². The lowest BCUT2D eigenvalue weighted by atomic mass is 9.92. The van der Waals surface area contributed by atoms with Crippen molar-refractivity contribution in [2.75, 3.05) is 4.90 Å². The van der Waals surface area contributed by atoms with Crippen LogP contribution >= 0.6 is 11.3 Å². The Hall–Kier alpha value is -6.48. The molecule has 0 atom stereocenters. The number of hydrogen-bond donors (Lipinski definition) is 0. The summed E-state index contributed by atoms with van der Waals surface area (Å²) in [6, 6.07) is 73.0. The van der Waals surface area contributed by atoms with E-state index >= 15 is 0 Å². The molecule has 52 heavy (non-hydrogen) atoms. The number of nitrogens with zero attached hydrogens (tertiary/aromatic N) is 1. The minimum absolute atomic E-state index is 1.12. The first-order valence-corrected chi connectivity index (χ1v) is 18.6. The molecule has 0 N–H and O–H groups in total. The maximum absolute atomic E-state index is 2.47. The van der Waals surface area contributed by atoms with Crippen LogP contribution in [0.4, 0.5) is 17.1 Å². The minimum atomic E-state index is 1.12. The van der Waals surface area contributed by atoms with E-state index in [1.165, 1.54) is 75.1 Å². The predicted octanol–water partition coefficient (Wildman–Crippen LogP) is 14.8. The molecule has 0 unspecified atom stereocenters. The summed E-state index contributed by atoms with van der Waals surface area (Å²) in [7, 11) is 0. The number of anilines is 3. The summed E-state index contributed by atoms with van der Waals surface area (Å²) in [5.41, 5.74) is 10.6. The maximum Gasteiger partial charge on any atom is 0.0546 e. The van der Waals surface area contributed by atoms with Crippen LogP contribution in [0.5, 0.6) is 0 Å². The third kappa shape index (κ3) is 5.24. The molecule has 0 fully saturated rings. The van der Waals surface area contributed by atoms with Crippen molar-refractivity contribution in [3.8, 4) is 33.4 Å².